The first-order chi connectivity index (χ1) is 10.3. The van der Waals surface area contributed by atoms with Crippen LogP contribution in [0.2, 0.25) is 0 Å². The van der Waals surface area contributed by atoms with Gasteiger partial charge in [-0.2, -0.15) is 5.26 Å². The summed E-state index contributed by atoms with van der Waals surface area (Å²) >= 11 is 0. The van der Waals surface area contributed by atoms with Crippen LogP contribution < -0.4 is 5.32 Å². The van der Waals surface area contributed by atoms with Crippen LogP contribution in [0.25, 0.3) is 11.4 Å². The highest BCUT2D eigenvalue weighted by atomic mass is 16.3. The van der Waals surface area contributed by atoms with Crippen molar-refractivity contribution in [2.24, 2.45) is 0 Å². The molecule has 0 aliphatic heterocycles. The Balaban J connectivity index is 1.66. The van der Waals surface area contributed by atoms with Gasteiger partial charge >= 0.3 is 0 Å². The standard InChI is InChI=1S/C16H12N4O/c17-8-14-6-7-15(21-14)11-18-13-9-19-16(20-10-13)12-4-2-1-3-5-12/h1-7,9-10,18H,11H2. The molecule has 1 aromatic carbocycles. The highest BCUT2D eigenvalue weighted by Gasteiger charge is 2.03. The van der Waals surface area contributed by atoms with Crippen molar-refractivity contribution in [3.8, 4) is 17.5 Å². The third-order valence-electron chi connectivity index (χ3n) is 2.92. The minimum absolute atomic E-state index is 0.308. The summed E-state index contributed by atoms with van der Waals surface area (Å²) < 4.78 is 5.28. The largest absolute Gasteiger partial charge is 0.449 e. The molecule has 0 saturated carbocycles. The molecule has 0 aliphatic rings. The second kappa shape index (κ2) is 5.88. The van der Waals surface area contributed by atoms with Crippen LogP contribution in [0.3, 0.4) is 0 Å². The second-order valence-electron chi connectivity index (χ2n) is 4.39. The maximum Gasteiger partial charge on any atom is 0.203 e. The molecular formula is C16H12N4O. The first-order valence-electron chi connectivity index (χ1n) is 6.45. The summed E-state index contributed by atoms with van der Waals surface area (Å²) in [4.78, 5) is 8.65. The van der Waals surface area contributed by atoms with Crippen molar-refractivity contribution < 1.29 is 4.42 Å². The van der Waals surface area contributed by atoms with Gasteiger partial charge in [-0.3, -0.25) is 0 Å². The fourth-order valence-corrected chi connectivity index (χ4v) is 1.88. The molecule has 0 fully saturated rings. The van der Waals surface area contributed by atoms with E-state index in [9.17, 15) is 0 Å². The quantitative estimate of drug-likeness (QED) is 0.791. The Labute approximate surface area is 121 Å². The van der Waals surface area contributed by atoms with Crippen LogP contribution in [0.4, 0.5) is 5.69 Å². The van der Waals surface area contributed by atoms with Gasteiger partial charge in [0.2, 0.25) is 5.76 Å². The van der Waals surface area contributed by atoms with Gasteiger partial charge in [-0.1, -0.05) is 30.3 Å². The van der Waals surface area contributed by atoms with E-state index in [0.29, 0.717) is 23.9 Å². The monoisotopic (exact) mass is 276 g/mol. The van der Waals surface area contributed by atoms with Crippen LogP contribution in [0.5, 0.6) is 0 Å². The Kier molecular flexibility index (Phi) is 3.61. The van der Waals surface area contributed by atoms with E-state index in [2.05, 4.69) is 15.3 Å². The third-order valence-corrected chi connectivity index (χ3v) is 2.92. The molecule has 0 saturated heterocycles. The average Bonchev–Trinajstić information content (AvgIpc) is 3.02. The van der Waals surface area contributed by atoms with E-state index in [1.54, 1.807) is 24.5 Å². The lowest BCUT2D eigenvalue weighted by Crippen LogP contribution is -2.00. The Morgan fingerprint density at radius 1 is 1.05 bits per heavy atom. The Hall–Kier alpha value is -3.13. The number of benzene rings is 1. The molecule has 0 amide bonds. The van der Waals surface area contributed by atoms with E-state index in [1.165, 1.54) is 0 Å². The Morgan fingerprint density at radius 3 is 2.48 bits per heavy atom. The lowest BCUT2D eigenvalue weighted by molar-refractivity contribution is 0.506. The minimum Gasteiger partial charge on any atom is -0.449 e. The fraction of sp³-hybridized carbons (Fsp3) is 0.0625. The van der Waals surface area contributed by atoms with E-state index in [4.69, 9.17) is 9.68 Å². The van der Waals surface area contributed by atoms with Crippen molar-refractivity contribution in [3.63, 3.8) is 0 Å². The van der Waals surface area contributed by atoms with Crippen molar-refractivity contribution >= 4 is 5.69 Å². The smallest absolute Gasteiger partial charge is 0.203 e. The number of rotatable bonds is 4. The Morgan fingerprint density at radius 2 is 1.81 bits per heavy atom. The van der Waals surface area contributed by atoms with Gasteiger partial charge in [-0.25, -0.2) is 9.97 Å². The predicted molar refractivity (Wildman–Crippen MR) is 78.2 cm³/mol. The molecule has 3 aromatic rings. The molecule has 0 atom stereocenters. The van der Waals surface area contributed by atoms with Gasteiger partial charge in [0.15, 0.2) is 5.82 Å². The molecule has 0 aliphatic carbocycles. The highest BCUT2D eigenvalue weighted by molar-refractivity contribution is 5.55. The zero-order chi connectivity index (χ0) is 14.5. The summed E-state index contributed by atoms with van der Waals surface area (Å²) in [5, 5.41) is 11.8. The number of anilines is 1. The molecule has 1 N–H and O–H groups in total. The maximum absolute atomic E-state index is 8.69. The van der Waals surface area contributed by atoms with Gasteiger partial charge in [0.25, 0.3) is 0 Å². The average molecular weight is 276 g/mol. The molecule has 0 unspecified atom stereocenters. The van der Waals surface area contributed by atoms with Crippen molar-refractivity contribution in [1.82, 2.24) is 9.97 Å². The molecular weight excluding hydrogens is 264 g/mol. The minimum atomic E-state index is 0.308. The summed E-state index contributed by atoms with van der Waals surface area (Å²) in [5.41, 5.74) is 1.78. The molecule has 0 spiro atoms. The van der Waals surface area contributed by atoms with Crippen LogP contribution in [0, 0.1) is 11.3 Å². The SMILES string of the molecule is N#Cc1ccc(CNc2cnc(-c3ccccc3)nc2)o1. The first kappa shape index (κ1) is 12.9. The van der Waals surface area contributed by atoms with E-state index < -0.39 is 0 Å². The lowest BCUT2D eigenvalue weighted by Gasteiger charge is -2.04. The van der Waals surface area contributed by atoms with Gasteiger partial charge in [0.1, 0.15) is 11.8 Å². The summed E-state index contributed by atoms with van der Waals surface area (Å²) in [5.74, 6) is 1.69. The van der Waals surface area contributed by atoms with Gasteiger partial charge in [-0.05, 0) is 12.1 Å². The van der Waals surface area contributed by atoms with Crippen LogP contribution >= 0.6 is 0 Å². The van der Waals surface area contributed by atoms with Crippen LogP contribution in [0.1, 0.15) is 11.5 Å². The van der Waals surface area contributed by atoms with Crippen LogP contribution in [-0.4, -0.2) is 9.97 Å². The fourth-order valence-electron chi connectivity index (χ4n) is 1.88. The second-order valence-corrected chi connectivity index (χ2v) is 4.39. The number of hydrogen-bond donors (Lipinski definition) is 1. The molecule has 21 heavy (non-hydrogen) atoms. The molecule has 5 heteroatoms. The summed E-state index contributed by atoms with van der Waals surface area (Å²) in [6.45, 7) is 0.482. The number of hydrogen-bond acceptors (Lipinski definition) is 5. The molecule has 102 valence electrons. The maximum atomic E-state index is 8.69. The van der Waals surface area contributed by atoms with E-state index in [-0.39, 0.29) is 0 Å². The van der Waals surface area contributed by atoms with Gasteiger partial charge in [0.05, 0.1) is 24.6 Å². The van der Waals surface area contributed by atoms with Crippen molar-refractivity contribution in [2.75, 3.05) is 5.32 Å². The van der Waals surface area contributed by atoms with Gasteiger partial charge < -0.3 is 9.73 Å². The van der Waals surface area contributed by atoms with Crippen LogP contribution in [-0.2, 0) is 6.54 Å². The van der Waals surface area contributed by atoms with E-state index >= 15 is 0 Å². The molecule has 5 nitrogen and oxygen atoms in total. The zero-order valence-corrected chi connectivity index (χ0v) is 11.2. The normalized spacial score (nSPS) is 10.0. The highest BCUT2D eigenvalue weighted by Crippen LogP contribution is 2.15. The van der Waals surface area contributed by atoms with Crippen molar-refractivity contribution in [2.45, 2.75) is 6.54 Å². The summed E-state index contributed by atoms with van der Waals surface area (Å²) in [7, 11) is 0. The molecule has 2 aromatic heterocycles. The number of aromatic nitrogens is 2. The van der Waals surface area contributed by atoms with Crippen LogP contribution in [0.15, 0.2) is 59.3 Å². The number of nitrogens with zero attached hydrogens (tertiary/aromatic N) is 3. The number of nitriles is 1. The van der Waals surface area contributed by atoms with Gasteiger partial charge in [-0.15, -0.1) is 0 Å². The summed E-state index contributed by atoms with van der Waals surface area (Å²) in [6.07, 6.45) is 3.45. The molecule has 2 heterocycles. The van der Waals surface area contributed by atoms with Gasteiger partial charge in [0, 0.05) is 5.56 Å². The molecule has 0 bridgehead atoms. The van der Waals surface area contributed by atoms with Crippen molar-refractivity contribution in [3.05, 3.63) is 66.4 Å². The van der Waals surface area contributed by atoms with E-state index in [0.717, 1.165) is 11.3 Å². The first-order valence-corrected chi connectivity index (χ1v) is 6.45. The predicted octanol–water partition coefficient (Wildman–Crippen LogP) is 3.22. The molecule has 3 rings (SSSR count). The summed E-state index contributed by atoms with van der Waals surface area (Å²) in [6, 6.07) is 15.2. The van der Waals surface area contributed by atoms with Crippen molar-refractivity contribution in [1.29, 1.82) is 5.26 Å². The molecule has 0 radical (unpaired) electrons. The van der Waals surface area contributed by atoms with E-state index in [1.807, 2.05) is 36.4 Å². The number of furan rings is 1. The Bertz CT molecular complexity index is 757. The third kappa shape index (κ3) is 3.07. The lowest BCUT2D eigenvalue weighted by atomic mass is 10.2. The topological polar surface area (TPSA) is 74.7 Å². The zero-order valence-electron chi connectivity index (χ0n) is 11.2. The number of nitrogens with one attached hydrogen (secondary N) is 1.